The minimum atomic E-state index is -0.0707. The van der Waals surface area contributed by atoms with E-state index in [-0.39, 0.29) is 5.91 Å². The first kappa shape index (κ1) is 13.5. The Morgan fingerprint density at radius 1 is 1.45 bits per heavy atom. The fourth-order valence-corrected chi connectivity index (χ4v) is 3.34. The number of aryl methyl sites for hydroxylation is 1. The molecule has 0 atom stereocenters. The molecule has 112 valence electrons. The predicted molar refractivity (Wildman–Crippen MR) is 87.4 cm³/mol. The van der Waals surface area contributed by atoms with Gasteiger partial charge in [-0.25, -0.2) is 4.98 Å². The molecule has 4 rings (SSSR count). The van der Waals surface area contributed by atoms with Gasteiger partial charge < -0.3 is 5.32 Å². The normalized spacial score (nSPS) is 14.4. The molecule has 22 heavy (non-hydrogen) atoms. The Morgan fingerprint density at radius 3 is 3.09 bits per heavy atom. The molecule has 0 unspecified atom stereocenters. The van der Waals surface area contributed by atoms with E-state index in [0.717, 1.165) is 46.5 Å². The van der Waals surface area contributed by atoms with Crippen molar-refractivity contribution in [2.75, 3.05) is 5.32 Å². The first-order valence-corrected chi connectivity index (χ1v) is 8.34. The summed E-state index contributed by atoms with van der Waals surface area (Å²) in [4.78, 5) is 17.5. The summed E-state index contributed by atoms with van der Waals surface area (Å²) in [5.74, 6) is 0.411. The molecule has 1 aliphatic carbocycles. The molecule has 2 aromatic heterocycles. The highest BCUT2D eigenvalue weighted by atomic mass is 32.1. The van der Waals surface area contributed by atoms with Gasteiger partial charge in [-0.05, 0) is 38.0 Å². The molecule has 3 aromatic rings. The largest absolute Gasteiger partial charge is 0.321 e. The highest BCUT2D eigenvalue weighted by molar-refractivity contribution is 7.12. The van der Waals surface area contributed by atoms with Gasteiger partial charge in [-0.2, -0.15) is 5.10 Å². The van der Waals surface area contributed by atoms with Crippen molar-refractivity contribution < 1.29 is 4.79 Å². The molecule has 1 aromatic carbocycles. The van der Waals surface area contributed by atoms with Crippen LogP contribution in [-0.4, -0.2) is 20.7 Å². The van der Waals surface area contributed by atoms with Gasteiger partial charge in [0.25, 0.3) is 5.91 Å². The summed E-state index contributed by atoms with van der Waals surface area (Å²) in [6.45, 7) is 2.89. The van der Waals surface area contributed by atoms with Crippen molar-refractivity contribution in [2.45, 2.75) is 32.2 Å². The van der Waals surface area contributed by atoms with Gasteiger partial charge in [0.2, 0.25) is 0 Å². The Bertz CT molecular complexity index is 847. The van der Waals surface area contributed by atoms with Gasteiger partial charge in [-0.3, -0.25) is 9.48 Å². The number of benzene rings is 1. The van der Waals surface area contributed by atoms with Crippen molar-refractivity contribution in [3.63, 3.8) is 0 Å². The van der Waals surface area contributed by atoms with E-state index in [1.54, 1.807) is 5.51 Å². The molecule has 5 nitrogen and oxygen atoms in total. The fourth-order valence-electron chi connectivity index (χ4n) is 2.57. The maximum atomic E-state index is 12.5. The van der Waals surface area contributed by atoms with Gasteiger partial charge in [0, 0.05) is 29.7 Å². The Kier molecular flexibility index (Phi) is 3.18. The van der Waals surface area contributed by atoms with Crippen LogP contribution in [0.3, 0.4) is 0 Å². The summed E-state index contributed by atoms with van der Waals surface area (Å²) >= 11 is 1.41. The van der Waals surface area contributed by atoms with Crippen molar-refractivity contribution in [1.29, 1.82) is 0 Å². The average molecular weight is 312 g/mol. The number of rotatable bonds is 4. The summed E-state index contributed by atoms with van der Waals surface area (Å²) in [6, 6.07) is 5.82. The molecule has 0 spiro atoms. The van der Waals surface area contributed by atoms with Crippen molar-refractivity contribution in [2.24, 2.45) is 0 Å². The topological polar surface area (TPSA) is 59.8 Å². The molecular weight excluding hydrogens is 296 g/mol. The quantitative estimate of drug-likeness (QED) is 0.800. The molecular formula is C16H16N4OS. The zero-order chi connectivity index (χ0) is 15.1. The van der Waals surface area contributed by atoms with Gasteiger partial charge in [0.15, 0.2) is 0 Å². The summed E-state index contributed by atoms with van der Waals surface area (Å²) < 4.78 is 1.89. The molecule has 0 aliphatic heterocycles. The van der Waals surface area contributed by atoms with Gasteiger partial charge in [0.1, 0.15) is 4.88 Å². The summed E-state index contributed by atoms with van der Waals surface area (Å²) in [5.41, 5.74) is 4.38. The second-order valence-electron chi connectivity index (χ2n) is 5.55. The van der Waals surface area contributed by atoms with E-state index in [9.17, 15) is 4.79 Å². The highest BCUT2D eigenvalue weighted by Crippen LogP contribution is 2.41. The molecule has 0 radical (unpaired) electrons. The lowest BCUT2D eigenvalue weighted by Gasteiger charge is -2.04. The molecule has 1 fully saturated rings. The number of thiazole rings is 1. The average Bonchev–Trinajstić information content (AvgIpc) is 3.10. The molecule has 2 heterocycles. The van der Waals surface area contributed by atoms with Crippen LogP contribution in [0.2, 0.25) is 0 Å². The third kappa shape index (κ3) is 2.39. The van der Waals surface area contributed by atoms with Crippen molar-refractivity contribution >= 4 is 33.8 Å². The van der Waals surface area contributed by atoms with Gasteiger partial charge in [0.05, 0.1) is 16.7 Å². The summed E-state index contributed by atoms with van der Waals surface area (Å²) in [7, 11) is 0. The smallest absolute Gasteiger partial charge is 0.267 e. The van der Waals surface area contributed by atoms with Crippen LogP contribution in [-0.2, 0) is 6.54 Å². The van der Waals surface area contributed by atoms with Crippen LogP contribution >= 0.6 is 11.3 Å². The summed E-state index contributed by atoms with van der Waals surface area (Å²) in [5, 5.41) is 8.52. The maximum Gasteiger partial charge on any atom is 0.267 e. The van der Waals surface area contributed by atoms with Crippen molar-refractivity contribution in [1.82, 2.24) is 14.8 Å². The monoisotopic (exact) mass is 312 g/mol. The molecule has 1 N–H and O–H groups in total. The number of anilines is 1. The van der Waals surface area contributed by atoms with Gasteiger partial charge >= 0.3 is 0 Å². The Hall–Kier alpha value is -2.21. The number of nitrogens with one attached hydrogen (secondary N) is 1. The number of carbonyl (C=O) groups excluding carboxylic acids is 1. The van der Waals surface area contributed by atoms with Crippen LogP contribution in [0.1, 0.15) is 41.0 Å². The van der Waals surface area contributed by atoms with Crippen molar-refractivity contribution in [3.8, 4) is 0 Å². The van der Waals surface area contributed by atoms with E-state index in [4.69, 9.17) is 0 Å². The van der Waals surface area contributed by atoms with Crippen LogP contribution in [0.25, 0.3) is 10.9 Å². The lowest BCUT2D eigenvalue weighted by atomic mass is 10.2. The van der Waals surface area contributed by atoms with Crippen LogP contribution in [0.5, 0.6) is 0 Å². The zero-order valence-electron chi connectivity index (χ0n) is 12.2. The first-order chi connectivity index (χ1) is 10.7. The zero-order valence-corrected chi connectivity index (χ0v) is 13.1. The number of aromatic nitrogens is 3. The maximum absolute atomic E-state index is 12.5. The Balaban J connectivity index is 1.59. The Labute approximate surface area is 132 Å². The van der Waals surface area contributed by atoms with Crippen molar-refractivity contribution in [3.05, 3.63) is 40.5 Å². The molecule has 1 aliphatic rings. The van der Waals surface area contributed by atoms with E-state index in [1.807, 2.05) is 29.1 Å². The van der Waals surface area contributed by atoms with Crippen LogP contribution in [0, 0.1) is 0 Å². The van der Waals surface area contributed by atoms with E-state index in [0.29, 0.717) is 5.92 Å². The van der Waals surface area contributed by atoms with Gasteiger partial charge in [-0.15, -0.1) is 11.3 Å². The third-order valence-electron chi connectivity index (χ3n) is 3.90. The van der Waals surface area contributed by atoms with Crippen LogP contribution in [0.15, 0.2) is 29.9 Å². The standard InChI is InChI=1S/C16H16N4OS/c1-2-20-8-11-5-6-12(7-13(11)19-20)18-16(21)15-14(10-3-4-10)17-9-22-15/h5-10H,2-4H2,1H3,(H,18,21). The number of hydrogen-bond acceptors (Lipinski definition) is 4. The second-order valence-corrected chi connectivity index (χ2v) is 6.41. The number of nitrogens with zero attached hydrogens (tertiary/aromatic N) is 3. The molecule has 1 amide bonds. The van der Waals surface area contributed by atoms with E-state index >= 15 is 0 Å². The lowest BCUT2D eigenvalue weighted by molar-refractivity contribution is 0.102. The SMILES string of the molecule is CCn1cc2ccc(NC(=O)c3scnc3C3CC3)cc2n1. The highest BCUT2D eigenvalue weighted by Gasteiger charge is 2.30. The number of carbonyl (C=O) groups is 1. The number of fused-ring (bicyclic) bond motifs is 1. The number of hydrogen-bond donors (Lipinski definition) is 1. The van der Waals surface area contributed by atoms with E-state index in [2.05, 4.69) is 22.3 Å². The van der Waals surface area contributed by atoms with Crippen LogP contribution < -0.4 is 5.32 Å². The summed E-state index contributed by atoms with van der Waals surface area (Å²) in [6.07, 6.45) is 4.30. The van der Waals surface area contributed by atoms with E-state index < -0.39 is 0 Å². The molecule has 0 bridgehead atoms. The second kappa shape index (κ2) is 5.21. The minimum Gasteiger partial charge on any atom is -0.321 e. The van der Waals surface area contributed by atoms with Gasteiger partial charge in [-0.1, -0.05) is 0 Å². The van der Waals surface area contributed by atoms with E-state index in [1.165, 1.54) is 11.3 Å². The molecule has 1 saturated carbocycles. The minimum absolute atomic E-state index is 0.0707. The molecule has 0 saturated heterocycles. The van der Waals surface area contributed by atoms with Crippen LogP contribution in [0.4, 0.5) is 5.69 Å². The molecule has 6 heteroatoms. The predicted octanol–water partition coefficient (Wildman–Crippen LogP) is 3.64. The Morgan fingerprint density at radius 2 is 2.32 bits per heavy atom. The third-order valence-corrected chi connectivity index (χ3v) is 4.74. The fraction of sp³-hybridized carbons (Fsp3) is 0.312. The first-order valence-electron chi connectivity index (χ1n) is 7.46. The lowest BCUT2D eigenvalue weighted by Crippen LogP contribution is -2.12. The number of amides is 1.